The summed E-state index contributed by atoms with van der Waals surface area (Å²) in [7, 11) is 3.45. The first-order chi connectivity index (χ1) is 27.6. The molecule has 0 radical (unpaired) electrons. The summed E-state index contributed by atoms with van der Waals surface area (Å²) < 4.78 is 13.6. The van der Waals surface area contributed by atoms with E-state index in [0.717, 1.165) is 66.8 Å². The van der Waals surface area contributed by atoms with E-state index in [1.165, 1.54) is 31.2 Å². The fourth-order valence-corrected chi connectivity index (χ4v) is 6.69. The summed E-state index contributed by atoms with van der Waals surface area (Å²) in [6, 6.07) is 44.9. The van der Waals surface area contributed by atoms with Crippen molar-refractivity contribution in [3.05, 3.63) is 161 Å². The zero-order valence-corrected chi connectivity index (χ0v) is 32.9. The molecule has 1 aliphatic rings. The monoisotopic (exact) mass is 752 g/mol. The molecule has 0 fully saturated rings. The number of carbonyl (C=O) groups is 2. The van der Waals surface area contributed by atoms with Crippen LogP contribution in [0, 0.1) is 0 Å². The second-order valence-corrected chi connectivity index (χ2v) is 13.9. The lowest BCUT2D eigenvalue weighted by Gasteiger charge is -2.13. The van der Waals surface area contributed by atoms with Crippen LogP contribution in [-0.2, 0) is 42.6 Å². The number of amides is 1. The van der Waals surface area contributed by atoms with Gasteiger partial charge in [-0.1, -0.05) is 103 Å². The van der Waals surface area contributed by atoms with Crippen molar-refractivity contribution in [1.29, 1.82) is 0 Å². The maximum atomic E-state index is 12.5. The van der Waals surface area contributed by atoms with Gasteiger partial charge in [-0.25, -0.2) is 0 Å². The molecule has 5 aromatic carbocycles. The molecular weight excluding hydrogens is 697 g/mol. The van der Waals surface area contributed by atoms with E-state index in [-0.39, 0.29) is 5.91 Å². The van der Waals surface area contributed by atoms with Gasteiger partial charge in [0.2, 0.25) is 5.91 Å². The average Bonchev–Trinajstić information content (AvgIpc) is 3.59. The third kappa shape index (κ3) is 13.2. The van der Waals surface area contributed by atoms with Crippen LogP contribution >= 0.6 is 0 Å². The molecule has 1 unspecified atom stereocenters. The molecule has 0 aliphatic heterocycles. The van der Waals surface area contributed by atoms with Crippen LogP contribution in [-0.4, -0.2) is 42.2 Å². The van der Waals surface area contributed by atoms with E-state index >= 15 is 0 Å². The number of carbonyl (C=O) groups excluding carboxylic acids is 2. The standard InChI is InChI=1S/C32H38N4O4.C10H12.C6H6/c1-33-32(38)29(11-8-19-37)31-28-17-16-27(21-30(28)36(2)35-31)40-23-25-14-12-24(13-15-25)22-34-18-6-7-20-39-26-9-4-3-5-10-26;1-2-6-10-8-4-3-7-9(10)5-1;1-2-4-6-5-3-1/h3-5,9-10,12-17,19,21,29,34H,6-8,11,18,20,22-23H2,1-2H3,(H,33,38);1-2,5-6H,3-4,7-8H2;1-6H. The zero-order chi connectivity index (χ0) is 39.2. The van der Waals surface area contributed by atoms with Gasteiger partial charge in [0.25, 0.3) is 0 Å². The second kappa shape index (κ2) is 23.2. The van der Waals surface area contributed by atoms with E-state index < -0.39 is 5.92 Å². The number of aldehydes is 1. The smallest absolute Gasteiger partial charge is 0.228 e. The molecule has 1 heterocycles. The number of aromatic nitrogens is 2. The van der Waals surface area contributed by atoms with Crippen molar-refractivity contribution in [3.8, 4) is 11.5 Å². The minimum Gasteiger partial charge on any atom is -0.494 e. The van der Waals surface area contributed by atoms with Crippen molar-refractivity contribution in [2.24, 2.45) is 7.05 Å². The fourth-order valence-electron chi connectivity index (χ4n) is 6.69. The Morgan fingerprint density at radius 2 is 1.39 bits per heavy atom. The molecule has 1 aliphatic carbocycles. The molecule has 8 nitrogen and oxygen atoms in total. The number of likely N-dealkylation sites (N-methyl/N-ethyl adjacent to an activating group) is 1. The number of nitrogens with one attached hydrogen (secondary N) is 2. The third-order valence-electron chi connectivity index (χ3n) is 9.76. The number of nitrogens with zero attached hydrogens (tertiary/aromatic N) is 2. The van der Waals surface area contributed by atoms with E-state index in [1.54, 1.807) is 22.9 Å². The van der Waals surface area contributed by atoms with Gasteiger partial charge in [0.05, 0.1) is 23.7 Å². The number of fused-ring (bicyclic) bond motifs is 2. The molecule has 8 heteroatoms. The van der Waals surface area contributed by atoms with Gasteiger partial charge in [0.15, 0.2) is 0 Å². The lowest BCUT2D eigenvalue weighted by Crippen LogP contribution is -2.26. The molecule has 292 valence electrons. The topological polar surface area (TPSA) is 94.5 Å². The molecule has 0 bridgehead atoms. The fraction of sp³-hybridized carbons (Fsp3) is 0.312. The number of hydrogen-bond donors (Lipinski definition) is 2. The van der Waals surface area contributed by atoms with Crippen LogP contribution < -0.4 is 20.1 Å². The molecule has 0 spiro atoms. The van der Waals surface area contributed by atoms with Crippen LogP contribution in [0.25, 0.3) is 10.9 Å². The quantitative estimate of drug-likeness (QED) is 0.0757. The first-order valence-electron chi connectivity index (χ1n) is 19.8. The molecule has 2 N–H and O–H groups in total. The molecule has 6 aromatic rings. The van der Waals surface area contributed by atoms with Gasteiger partial charge in [-0.05, 0) is 98.0 Å². The van der Waals surface area contributed by atoms with E-state index in [4.69, 9.17) is 9.47 Å². The maximum absolute atomic E-state index is 12.5. The Kier molecular flexibility index (Phi) is 17.2. The van der Waals surface area contributed by atoms with E-state index in [0.29, 0.717) is 25.1 Å². The van der Waals surface area contributed by atoms with Crippen molar-refractivity contribution < 1.29 is 19.1 Å². The molecule has 7 rings (SSSR count). The lowest BCUT2D eigenvalue weighted by atomic mass is 9.92. The first-order valence-corrected chi connectivity index (χ1v) is 19.8. The van der Waals surface area contributed by atoms with Crippen LogP contribution in [0.4, 0.5) is 0 Å². The summed E-state index contributed by atoms with van der Waals surface area (Å²) in [5.41, 5.74) is 7.02. The predicted octanol–water partition coefficient (Wildman–Crippen LogP) is 9.16. The molecule has 1 aromatic heterocycles. The maximum Gasteiger partial charge on any atom is 0.228 e. The highest BCUT2D eigenvalue weighted by Crippen LogP contribution is 2.31. The average molecular weight is 753 g/mol. The Hall–Kier alpha value is -5.73. The first kappa shape index (κ1) is 41.4. The minimum absolute atomic E-state index is 0.144. The van der Waals surface area contributed by atoms with Gasteiger partial charge in [-0.3, -0.25) is 9.48 Å². The highest BCUT2D eigenvalue weighted by molar-refractivity contribution is 5.91. The summed E-state index contributed by atoms with van der Waals surface area (Å²) in [4.78, 5) is 23.4. The number of aryl methyl sites for hydroxylation is 3. The van der Waals surface area contributed by atoms with Crippen molar-refractivity contribution in [1.82, 2.24) is 20.4 Å². The molecule has 0 saturated heterocycles. The van der Waals surface area contributed by atoms with Crippen molar-refractivity contribution in [2.75, 3.05) is 20.2 Å². The number of ether oxygens (including phenoxy) is 2. The van der Waals surface area contributed by atoms with Crippen molar-refractivity contribution >= 4 is 23.1 Å². The number of rotatable bonds is 16. The largest absolute Gasteiger partial charge is 0.494 e. The van der Waals surface area contributed by atoms with Crippen molar-refractivity contribution in [3.63, 3.8) is 0 Å². The zero-order valence-electron chi connectivity index (χ0n) is 32.9. The molecule has 56 heavy (non-hydrogen) atoms. The highest BCUT2D eigenvalue weighted by atomic mass is 16.5. The van der Waals surface area contributed by atoms with Crippen LogP contribution in [0.2, 0.25) is 0 Å². The number of para-hydroxylation sites is 1. The Balaban J connectivity index is 0.000000305. The number of benzene rings is 5. The summed E-state index contributed by atoms with van der Waals surface area (Å²) in [5.74, 6) is 1.03. The van der Waals surface area contributed by atoms with Crippen LogP contribution in [0.1, 0.15) is 72.4 Å². The molecule has 0 saturated carbocycles. The SMILES string of the molecule is CNC(=O)C(CCC=O)c1nn(C)c2cc(OCc3ccc(CNCCCCOc4ccccc4)cc3)ccc12.c1ccc2c(c1)CCCC2.c1ccccc1. The van der Waals surface area contributed by atoms with Crippen LogP contribution in [0.3, 0.4) is 0 Å². The van der Waals surface area contributed by atoms with Gasteiger partial charge in [0, 0.05) is 38.5 Å². The van der Waals surface area contributed by atoms with E-state index in [1.807, 2.05) is 92.0 Å². The summed E-state index contributed by atoms with van der Waals surface area (Å²) in [5, 5.41) is 11.7. The van der Waals surface area contributed by atoms with Gasteiger partial charge >= 0.3 is 0 Å². The molecule has 1 atom stereocenters. The summed E-state index contributed by atoms with van der Waals surface area (Å²) in [6.07, 6.45) is 9.01. The van der Waals surface area contributed by atoms with Gasteiger partial charge in [-0.15, -0.1) is 0 Å². The Morgan fingerprint density at radius 3 is 2.04 bits per heavy atom. The lowest BCUT2D eigenvalue weighted by molar-refractivity contribution is -0.122. The summed E-state index contributed by atoms with van der Waals surface area (Å²) in [6.45, 7) is 2.95. The van der Waals surface area contributed by atoms with Crippen LogP contribution in [0.15, 0.2) is 133 Å². The highest BCUT2D eigenvalue weighted by Gasteiger charge is 2.25. The van der Waals surface area contributed by atoms with Crippen LogP contribution in [0.5, 0.6) is 11.5 Å². The Morgan fingerprint density at radius 1 is 0.768 bits per heavy atom. The predicted molar refractivity (Wildman–Crippen MR) is 226 cm³/mol. The molecular formula is C48H56N4O4. The number of hydrogen-bond acceptors (Lipinski definition) is 6. The minimum atomic E-state index is -0.479. The summed E-state index contributed by atoms with van der Waals surface area (Å²) >= 11 is 0. The van der Waals surface area contributed by atoms with Gasteiger partial charge < -0.3 is 24.9 Å². The van der Waals surface area contributed by atoms with Crippen molar-refractivity contribution in [2.45, 2.75) is 70.4 Å². The molecule has 1 amide bonds. The normalized spacial score (nSPS) is 12.2. The third-order valence-corrected chi connectivity index (χ3v) is 9.76. The van der Waals surface area contributed by atoms with E-state index in [9.17, 15) is 9.59 Å². The second-order valence-electron chi connectivity index (χ2n) is 13.9. The van der Waals surface area contributed by atoms with Gasteiger partial charge in [-0.2, -0.15) is 5.10 Å². The Labute approximate surface area is 332 Å². The van der Waals surface area contributed by atoms with Gasteiger partial charge in [0.1, 0.15) is 24.4 Å². The Bertz CT molecular complexity index is 1980. The number of unbranched alkanes of at least 4 members (excludes halogenated alkanes) is 1. The van der Waals surface area contributed by atoms with E-state index in [2.05, 4.69) is 64.3 Å².